The van der Waals surface area contributed by atoms with Crippen LogP contribution in [-0.2, 0) is 4.74 Å². The average molecular weight is 240 g/mol. The number of methoxy groups -OCH3 is 1. The summed E-state index contributed by atoms with van der Waals surface area (Å²) < 4.78 is 4.65. The van der Waals surface area contributed by atoms with Crippen LogP contribution in [0, 0.1) is 0 Å². The molecule has 0 radical (unpaired) electrons. The number of hydrogen-bond acceptors (Lipinski definition) is 5. The lowest BCUT2D eigenvalue weighted by molar-refractivity contribution is 0.0600. The van der Waals surface area contributed by atoms with Crippen LogP contribution in [0.5, 0.6) is 0 Å². The molecular weight excluding hydrogens is 224 g/mol. The third kappa shape index (κ3) is 2.41. The van der Waals surface area contributed by atoms with E-state index in [2.05, 4.69) is 21.7 Å². The highest BCUT2D eigenvalue weighted by Crippen LogP contribution is 2.28. The van der Waals surface area contributed by atoms with E-state index in [1.165, 1.54) is 18.4 Å². The molecule has 2 heterocycles. The van der Waals surface area contributed by atoms with Crippen LogP contribution in [0.1, 0.15) is 34.3 Å². The van der Waals surface area contributed by atoms with Crippen LogP contribution in [-0.4, -0.2) is 43.1 Å². The monoisotopic (exact) mass is 240 g/mol. The molecule has 1 aliphatic rings. The smallest absolute Gasteiger partial charge is 0.367 e. The largest absolute Gasteiger partial charge is 0.464 e. The highest BCUT2D eigenvalue weighted by atomic mass is 32.1. The van der Waals surface area contributed by atoms with E-state index < -0.39 is 0 Å². The number of aromatic nitrogens is 1. The van der Waals surface area contributed by atoms with Crippen molar-refractivity contribution < 1.29 is 9.53 Å². The lowest BCUT2D eigenvalue weighted by atomic mass is 9.95. The zero-order chi connectivity index (χ0) is 11.5. The van der Waals surface area contributed by atoms with Crippen molar-refractivity contribution in [2.75, 3.05) is 27.2 Å². The molecule has 0 saturated carbocycles. The highest BCUT2D eigenvalue weighted by molar-refractivity contribution is 7.11. The number of esters is 1. The van der Waals surface area contributed by atoms with Crippen molar-refractivity contribution in [1.29, 1.82) is 0 Å². The van der Waals surface area contributed by atoms with Gasteiger partial charge in [0.2, 0.25) is 5.01 Å². The van der Waals surface area contributed by atoms with Gasteiger partial charge in [-0.2, -0.15) is 0 Å². The minimum absolute atomic E-state index is 0.329. The fourth-order valence-corrected chi connectivity index (χ4v) is 2.77. The Morgan fingerprint density at radius 3 is 2.88 bits per heavy atom. The summed E-state index contributed by atoms with van der Waals surface area (Å²) in [4.78, 5) is 18.0. The van der Waals surface area contributed by atoms with Crippen molar-refractivity contribution in [3.05, 3.63) is 16.1 Å². The lowest BCUT2D eigenvalue weighted by Crippen LogP contribution is -2.29. The molecule has 0 amide bonds. The maximum atomic E-state index is 11.3. The van der Waals surface area contributed by atoms with E-state index in [4.69, 9.17) is 0 Å². The maximum Gasteiger partial charge on any atom is 0.367 e. The van der Waals surface area contributed by atoms with E-state index in [0.717, 1.165) is 31.6 Å². The van der Waals surface area contributed by atoms with Crippen molar-refractivity contribution in [3.63, 3.8) is 0 Å². The molecule has 0 aromatic carbocycles. The number of thiazole rings is 1. The average Bonchev–Trinajstić information content (AvgIpc) is 2.78. The van der Waals surface area contributed by atoms with E-state index in [0.29, 0.717) is 10.9 Å². The van der Waals surface area contributed by atoms with Gasteiger partial charge in [0.15, 0.2) is 0 Å². The predicted octanol–water partition coefficient (Wildman–Crippen LogP) is 1.74. The van der Waals surface area contributed by atoms with Gasteiger partial charge in [-0.1, -0.05) is 0 Å². The zero-order valence-electron chi connectivity index (χ0n) is 9.60. The summed E-state index contributed by atoms with van der Waals surface area (Å²) in [6.07, 6.45) is 2.25. The maximum absolute atomic E-state index is 11.3. The van der Waals surface area contributed by atoms with Crippen molar-refractivity contribution in [2.24, 2.45) is 0 Å². The van der Waals surface area contributed by atoms with Crippen LogP contribution >= 0.6 is 11.3 Å². The second-order valence-electron chi connectivity index (χ2n) is 4.15. The SMILES string of the molecule is COC(=O)c1nc(C2CCN(C)CC2)cs1. The summed E-state index contributed by atoms with van der Waals surface area (Å²) in [5, 5.41) is 2.46. The molecule has 0 bridgehead atoms. The zero-order valence-corrected chi connectivity index (χ0v) is 10.4. The van der Waals surface area contributed by atoms with Gasteiger partial charge in [-0.15, -0.1) is 11.3 Å². The Kier molecular flexibility index (Phi) is 3.56. The molecule has 4 nitrogen and oxygen atoms in total. The first-order valence-electron chi connectivity index (χ1n) is 5.43. The van der Waals surface area contributed by atoms with E-state index >= 15 is 0 Å². The second-order valence-corrected chi connectivity index (χ2v) is 5.00. The molecule has 2 rings (SSSR count). The van der Waals surface area contributed by atoms with Crippen LogP contribution in [0.4, 0.5) is 0 Å². The molecule has 0 atom stereocenters. The summed E-state index contributed by atoms with van der Waals surface area (Å²) in [6, 6.07) is 0. The van der Waals surface area contributed by atoms with Gasteiger partial charge >= 0.3 is 5.97 Å². The Morgan fingerprint density at radius 1 is 1.56 bits per heavy atom. The molecule has 88 valence electrons. The van der Waals surface area contributed by atoms with E-state index in [-0.39, 0.29) is 5.97 Å². The number of ether oxygens (including phenoxy) is 1. The molecule has 0 spiro atoms. The molecule has 0 N–H and O–H groups in total. The third-order valence-electron chi connectivity index (χ3n) is 3.02. The molecule has 5 heteroatoms. The first-order chi connectivity index (χ1) is 7.70. The Balaban J connectivity index is 2.04. The predicted molar refractivity (Wildman–Crippen MR) is 62.9 cm³/mol. The van der Waals surface area contributed by atoms with Gasteiger partial charge in [0.1, 0.15) is 0 Å². The Hall–Kier alpha value is -0.940. The van der Waals surface area contributed by atoms with Gasteiger partial charge in [-0.05, 0) is 33.0 Å². The molecule has 1 aromatic rings. The molecular formula is C11H16N2O2S. The molecule has 1 aromatic heterocycles. The van der Waals surface area contributed by atoms with Gasteiger partial charge in [0, 0.05) is 11.3 Å². The molecule has 1 aliphatic heterocycles. The Bertz CT molecular complexity index is 370. The van der Waals surface area contributed by atoms with Crippen LogP contribution in [0.3, 0.4) is 0 Å². The normalized spacial score (nSPS) is 18.6. The van der Waals surface area contributed by atoms with Crippen molar-refractivity contribution in [2.45, 2.75) is 18.8 Å². The van der Waals surface area contributed by atoms with Gasteiger partial charge in [0.05, 0.1) is 12.8 Å². The third-order valence-corrected chi connectivity index (χ3v) is 3.86. The van der Waals surface area contributed by atoms with Crippen LogP contribution in [0.25, 0.3) is 0 Å². The van der Waals surface area contributed by atoms with Crippen molar-refractivity contribution in [1.82, 2.24) is 9.88 Å². The van der Waals surface area contributed by atoms with Crippen LogP contribution in [0.15, 0.2) is 5.38 Å². The van der Waals surface area contributed by atoms with Crippen molar-refractivity contribution in [3.8, 4) is 0 Å². The quantitative estimate of drug-likeness (QED) is 0.738. The first kappa shape index (κ1) is 11.5. The molecule has 0 unspecified atom stereocenters. The highest BCUT2D eigenvalue weighted by Gasteiger charge is 2.22. The van der Waals surface area contributed by atoms with E-state index in [9.17, 15) is 4.79 Å². The van der Waals surface area contributed by atoms with Crippen LogP contribution in [0.2, 0.25) is 0 Å². The number of hydrogen-bond donors (Lipinski definition) is 0. The minimum Gasteiger partial charge on any atom is -0.464 e. The Morgan fingerprint density at radius 2 is 2.25 bits per heavy atom. The summed E-state index contributed by atoms with van der Waals surface area (Å²) in [5.74, 6) is 0.176. The lowest BCUT2D eigenvalue weighted by Gasteiger charge is -2.27. The standard InChI is InChI=1S/C11H16N2O2S/c1-13-5-3-8(4-6-13)9-7-16-10(12-9)11(14)15-2/h7-8H,3-6H2,1-2H3. The number of carbonyl (C=O) groups is 1. The summed E-state index contributed by atoms with van der Waals surface area (Å²) in [5.41, 5.74) is 1.05. The number of rotatable bonds is 2. The van der Waals surface area contributed by atoms with E-state index in [1.54, 1.807) is 0 Å². The molecule has 1 saturated heterocycles. The fraction of sp³-hybridized carbons (Fsp3) is 0.636. The van der Waals surface area contributed by atoms with Crippen molar-refractivity contribution >= 4 is 17.3 Å². The summed E-state index contributed by atoms with van der Waals surface area (Å²) in [6.45, 7) is 2.21. The molecule has 16 heavy (non-hydrogen) atoms. The first-order valence-corrected chi connectivity index (χ1v) is 6.31. The van der Waals surface area contributed by atoms with E-state index in [1.807, 2.05) is 5.38 Å². The Labute approximate surface area is 99.2 Å². The molecule has 1 fully saturated rings. The molecule has 0 aliphatic carbocycles. The van der Waals surface area contributed by atoms with Gasteiger partial charge < -0.3 is 9.64 Å². The number of likely N-dealkylation sites (tertiary alicyclic amines) is 1. The number of piperidine rings is 1. The minimum atomic E-state index is -0.329. The fourth-order valence-electron chi connectivity index (χ4n) is 1.96. The topological polar surface area (TPSA) is 42.4 Å². The van der Waals surface area contributed by atoms with Gasteiger partial charge in [-0.25, -0.2) is 9.78 Å². The number of nitrogens with zero attached hydrogens (tertiary/aromatic N) is 2. The van der Waals surface area contributed by atoms with Gasteiger partial charge in [-0.3, -0.25) is 0 Å². The van der Waals surface area contributed by atoms with Crippen LogP contribution < -0.4 is 0 Å². The summed E-state index contributed by atoms with van der Waals surface area (Å²) in [7, 11) is 3.52. The summed E-state index contributed by atoms with van der Waals surface area (Å²) >= 11 is 1.38. The number of carbonyl (C=O) groups excluding carboxylic acids is 1. The van der Waals surface area contributed by atoms with Gasteiger partial charge in [0.25, 0.3) is 0 Å². The second kappa shape index (κ2) is 4.93.